The summed E-state index contributed by atoms with van der Waals surface area (Å²) < 4.78 is 32.4. The monoisotopic (exact) mass is 387 g/mol. The van der Waals surface area contributed by atoms with Gasteiger partial charge in [-0.05, 0) is 42.2 Å². The summed E-state index contributed by atoms with van der Waals surface area (Å²) in [5, 5.41) is 0. The Morgan fingerprint density at radius 3 is 2.56 bits per heavy atom. The molecule has 2 aromatic carbocycles. The predicted octanol–water partition coefficient (Wildman–Crippen LogP) is 2.79. The Balaban J connectivity index is 1.73. The van der Waals surface area contributed by atoms with Crippen molar-refractivity contribution in [2.75, 3.05) is 7.11 Å². The molecular formula is C20H21NO5S. The van der Waals surface area contributed by atoms with E-state index in [-0.39, 0.29) is 29.6 Å². The van der Waals surface area contributed by atoms with Gasteiger partial charge in [-0.15, -0.1) is 0 Å². The molecule has 0 aliphatic heterocycles. The van der Waals surface area contributed by atoms with E-state index in [0.717, 1.165) is 11.1 Å². The zero-order chi connectivity index (χ0) is 19.4. The molecule has 1 unspecified atom stereocenters. The second-order valence-corrected chi connectivity index (χ2v) is 8.15. The number of Topliss-reactive ketones (excluding diaryl/α,β-unsaturated/α-hetero) is 1. The first-order valence-electron chi connectivity index (χ1n) is 8.71. The van der Waals surface area contributed by atoms with E-state index in [9.17, 15) is 18.0 Å². The molecule has 1 N–H and O–H groups in total. The summed E-state index contributed by atoms with van der Waals surface area (Å²) >= 11 is 0. The molecule has 0 aromatic heterocycles. The largest absolute Gasteiger partial charge is 0.469 e. The number of nitrogens with one attached hydrogen (secondary N) is 1. The van der Waals surface area contributed by atoms with E-state index in [1.807, 2.05) is 0 Å². The van der Waals surface area contributed by atoms with Crippen molar-refractivity contribution in [1.29, 1.82) is 0 Å². The quantitative estimate of drug-likeness (QED) is 0.583. The van der Waals surface area contributed by atoms with Gasteiger partial charge in [-0.1, -0.05) is 30.3 Å². The third kappa shape index (κ3) is 4.43. The molecule has 0 radical (unpaired) electrons. The maximum absolute atomic E-state index is 12.5. The summed E-state index contributed by atoms with van der Waals surface area (Å²) in [5.74, 6) is -0.545. The molecule has 27 heavy (non-hydrogen) atoms. The molecule has 0 saturated heterocycles. The highest BCUT2D eigenvalue weighted by Gasteiger charge is 2.28. The van der Waals surface area contributed by atoms with Gasteiger partial charge in [-0.3, -0.25) is 9.59 Å². The van der Waals surface area contributed by atoms with Gasteiger partial charge in [0.2, 0.25) is 10.0 Å². The van der Waals surface area contributed by atoms with E-state index < -0.39 is 16.0 Å². The number of fused-ring (bicyclic) bond motifs is 1. The third-order valence-electron chi connectivity index (χ3n) is 4.68. The molecule has 3 rings (SSSR count). The second kappa shape index (κ2) is 8.02. The van der Waals surface area contributed by atoms with Gasteiger partial charge in [0.25, 0.3) is 0 Å². The van der Waals surface area contributed by atoms with E-state index in [1.165, 1.54) is 7.11 Å². The summed E-state index contributed by atoms with van der Waals surface area (Å²) in [6.07, 6.45) is 1.47. The van der Waals surface area contributed by atoms with Crippen LogP contribution in [0.25, 0.3) is 0 Å². The van der Waals surface area contributed by atoms with Gasteiger partial charge >= 0.3 is 5.97 Å². The fourth-order valence-corrected chi connectivity index (χ4v) is 4.50. The van der Waals surface area contributed by atoms with Crippen LogP contribution in [0.4, 0.5) is 0 Å². The first kappa shape index (κ1) is 19.3. The van der Waals surface area contributed by atoms with Crippen molar-refractivity contribution in [1.82, 2.24) is 4.72 Å². The van der Waals surface area contributed by atoms with Crippen LogP contribution < -0.4 is 4.72 Å². The maximum Gasteiger partial charge on any atom is 0.305 e. The van der Waals surface area contributed by atoms with Crippen molar-refractivity contribution in [2.24, 2.45) is 0 Å². The summed E-state index contributed by atoms with van der Waals surface area (Å²) in [6, 6.07) is 13.2. The van der Waals surface area contributed by atoms with Crippen LogP contribution in [-0.4, -0.2) is 27.3 Å². The Morgan fingerprint density at radius 1 is 1.11 bits per heavy atom. The van der Waals surface area contributed by atoms with Crippen LogP contribution in [0.1, 0.15) is 46.8 Å². The van der Waals surface area contributed by atoms with Gasteiger partial charge in [-0.25, -0.2) is 13.1 Å². The second-order valence-electron chi connectivity index (χ2n) is 6.44. The first-order valence-corrected chi connectivity index (χ1v) is 10.2. The number of hydrogen-bond acceptors (Lipinski definition) is 5. The number of aryl methyl sites for hydroxylation is 1. The van der Waals surface area contributed by atoms with Gasteiger partial charge in [-0.2, -0.15) is 0 Å². The molecule has 142 valence electrons. The van der Waals surface area contributed by atoms with Gasteiger partial charge in [0.1, 0.15) is 0 Å². The van der Waals surface area contributed by atoms with Crippen molar-refractivity contribution < 1.29 is 22.7 Å². The molecular weight excluding hydrogens is 366 g/mol. The molecule has 1 atom stereocenters. The summed E-state index contributed by atoms with van der Waals surface area (Å²) in [4.78, 5) is 23.7. The molecule has 2 aromatic rings. The number of rotatable bonds is 7. The average Bonchev–Trinajstić information content (AvgIpc) is 3.08. The van der Waals surface area contributed by atoms with Crippen LogP contribution in [0.2, 0.25) is 0 Å². The Kier molecular flexibility index (Phi) is 5.72. The maximum atomic E-state index is 12.5. The van der Waals surface area contributed by atoms with Crippen molar-refractivity contribution >= 4 is 21.8 Å². The Hall–Kier alpha value is -2.51. The van der Waals surface area contributed by atoms with Crippen molar-refractivity contribution in [3.8, 4) is 0 Å². The first-order chi connectivity index (χ1) is 12.9. The minimum Gasteiger partial charge on any atom is -0.469 e. The highest BCUT2D eigenvalue weighted by molar-refractivity contribution is 7.89. The number of sulfonamides is 1. The Morgan fingerprint density at radius 2 is 1.85 bits per heavy atom. The van der Waals surface area contributed by atoms with Gasteiger partial charge in [0.05, 0.1) is 18.4 Å². The molecule has 0 spiro atoms. The van der Waals surface area contributed by atoms with Crippen molar-refractivity contribution in [3.05, 3.63) is 65.2 Å². The number of carbonyl (C=O) groups is 2. The van der Waals surface area contributed by atoms with Crippen molar-refractivity contribution in [3.63, 3.8) is 0 Å². The highest BCUT2D eigenvalue weighted by atomic mass is 32.2. The number of ether oxygens (including phenoxy) is 1. The molecule has 6 nitrogen and oxygen atoms in total. The molecule has 1 aliphatic rings. The fraction of sp³-hybridized carbons (Fsp3) is 0.300. The lowest BCUT2D eigenvalue weighted by Gasteiger charge is -2.15. The van der Waals surface area contributed by atoms with Gasteiger partial charge < -0.3 is 4.74 Å². The smallest absolute Gasteiger partial charge is 0.305 e. The lowest BCUT2D eigenvalue weighted by Crippen LogP contribution is -2.27. The van der Waals surface area contributed by atoms with Crippen LogP contribution in [-0.2, 0) is 26.0 Å². The van der Waals surface area contributed by atoms with Crippen molar-refractivity contribution in [2.45, 2.75) is 36.6 Å². The number of carbonyl (C=O) groups excluding carboxylic acids is 2. The number of benzene rings is 2. The lowest BCUT2D eigenvalue weighted by atomic mass is 10.0. The standard InChI is InChI=1S/C20H21NO5S/c1-26-20(23)12-11-19(22)15-7-9-17-14(13-15)8-10-18(17)21-27(24,25)16-5-3-2-4-6-16/h2-7,9,13,18,21H,8,10-12H2,1H3. The van der Waals surface area contributed by atoms with Crippen LogP contribution >= 0.6 is 0 Å². The fourth-order valence-electron chi connectivity index (χ4n) is 3.23. The number of ketones is 1. The summed E-state index contributed by atoms with van der Waals surface area (Å²) in [7, 11) is -2.31. The van der Waals surface area contributed by atoms with E-state index in [4.69, 9.17) is 0 Å². The summed E-state index contributed by atoms with van der Waals surface area (Å²) in [6.45, 7) is 0. The van der Waals surface area contributed by atoms with Crippen LogP contribution in [0, 0.1) is 0 Å². The predicted molar refractivity (Wildman–Crippen MR) is 99.8 cm³/mol. The third-order valence-corrected chi connectivity index (χ3v) is 6.17. The van der Waals surface area contributed by atoms with Gasteiger partial charge in [0.15, 0.2) is 5.78 Å². The number of hydrogen-bond donors (Lipinski definition) is 1. The Labute approximate surface area is 158 Å². The molecule has 0 fully saturated rings. The number of esters is 1. The molecule has 0 saturated carbocycles. The summed E-state index contributed by atoms with van der Waals surface area (Å²) in [5.41, 5.74) is 2.38. The average molecular weight is 387 g/mol. The molecule has 7 heteroatoms. The highest BCUT2D eigenvalue weighted by Crippen LogP contribution is 2.33. The van der Waals surface area contributed by atoms with Crippen LogP contribution in [0.3, 0.4) is 0 Å². The molecule has 0 heterocycles. The molecule has 0 bridgehead atoms. The zero-order valence-corrected chi connectivity index (χ0v) is 15.8. The van der Waals surface area contributed by atoms with E-state index in [1.54, 1.807) is 48.5 Å². The minimum atomic E-state index is -3.60. The minimum absolute atomic E-state index is 0.0475. The van der Waals surface area contributed by atoms with E-state index >= 15 is 0 Å². The van der Waals surface area contributed by atoms with E-state index in [0.29, 0.717) is 18.4 Å². The van der Waals surface area contributed by atoms with Crippen LogP contribution in [0.5, 0.6) is 0 Å². The van der Waals surface area contributed by atoms with Crippen LogP contribution in [0.15, 0.2) is 53.4 Å². The number of methoxy groups -OCH3 is 1. The normalized spacial score (nSPS) is 16.0. The zero-order valence-electron chi connectivity index (χ0n) is 15.0. The topological polar surface area (TPSA) is 89.5 Å². The van der Waals surface area contributed by atoms with Gasteiger partial charge in [0, 0.05) is 18.0 Å². The lowest BCUT2D eigenvalue weighted by molar-refractivity contribution is -0.140. The van der Waals surface area contributed by atoms with E-state index in [2.05, 4.69) is 9.46 Å². The Bertz CT molecular complexity index is 954. The SMILES string of the molecule is COC(=O)CCC(=O)c1ccc2c(c1)CCC2NS(=O)(=O)c1ccccc1. The molecule has 1 aliphatic carbocycles. The molecule has 0 amide bonds.